The van der Waals surface area contributed by atoms with Crippen molar-refractivity contribution in [1.29, 1.82) is 0 Å². The normalized spacial score (nSPS) is 15.3. The van der Waals surface area contributed by atoms with Crippen LogP contribution < -0.4 is 19.7 Å². The fourth-order valence-electron chi connectivity index (χ4n) is 2.96. The summed E-state index contributed by atoms with van der Waals surface area (Å²) in [5.41, 5.74) is 0.678. The summed E-state index contributed by atoms with van der Waals surface area (Å²) >= 11 is 6.19. The Kier molecular flexibility index (Phi) is 7.31. The first-order valence-corrected chi connectivity index (χ1v) is 10.4. The number of benzene rings is 2. The van der Waals surface area contributed by atoms with Gasteiger partial charge in [0.1, 0.15) is 17.1 Å². The van der Waals surface area contributed by atoms with Crippen LogP contribution >= 0.6 is 11.6 Å². The van der Waals surface area contributed by atoms with Gasteiger partial charge in [-0.1, -0.05) is 31.0 Å². The maximum atomic E-state index is 13.0. The van der Waals surface area contributed by atoms with Gasteiger partial charge in [-0.2, -0.15) is 0 Å². The number of urea groups is 1. The lowest BCUT2D eigenvalue weighted by molar-refractivity contribution is -0.122. The highest BCUT2D eigenvalue weighted by Gasteiger charge is 2.36. The van der Waals surface area contributed by atoms with Gasteiger partial charge in [-0.3, -0.25) is 14.9 Å². The van der Waals surface area contributed by atoms with Crippen molar-refractivity contribution in [2.75, 3.05) is 18.1 Å². The van der Waals surface area contributed by atoms with Crippen LogP contribution in [0, 0.1) is 0 Å². The van der Waals surface area contributed by atoms with Crippen LogP contribution in [0.15, 0.2) is 48.0 Å². The number of rotatable bonds is 8. The van der Waals surface area contributed by atoms with Crippen molar-refractivity contribution in [2.45, 2.75) is 26.7 Å². The lowest BCUT2D eigenvalue weighted by Crippen LogP contribution is -2.54. The summed E-state index contributed by atoms with van der Waals surface area (Å²) in [6.45, 7) is 4.96. The number of amides is 4. The third-order valence-corrected chi connectivity index (χ3v) is 4.83. The molecular weight excluding hydrogens is 420 g/mol. The molecule has 1 N–H and O–H groups in total. The Balaban J connectivity index is 1.85. The van der Waals surface area contributed by atoms with Gasteiger partial charge in [0.15, 0.2) is 0 Å². The van der Waals surface area contributed by atoms with Gasteiger partial charge < -0.3 is 9.47 Å². The molecule has 1 fully saturated rings. The van der Waals surface area contributed by atoms with Crippen LogP contribution in [0.4, 0.5) is 10.5 Å². The molecule has 1 aliphatic rings. The third-order valence-electron chi connectivity index (χ3n) is 4.53. The minimum atomic E-state index is -0.809. The summed E-state index contributed by atoms with van der Waals surface area (Å²) in [6.07, 6.45) is 3.34. The molecule has 1 aliphatic heterocycles. The van der Waals surface area contributed by atoms with Crippen molar-refractivity contribution >= 4 is 41.2 Å². The summed E-state index contributed by atoms with van der Waals surface area (Å²) in [7, 11) is 0. The summed E-state index contributed by atoms with van der Waals surface area (Å²) in [4.78, 5) is 38.6. The highest BCUT2D eigenvalue weighted by Crippen LogP contribution is 2.28. The van der Waals surface area contributed by atoms with Gasteiger partial charge in [0.05, 0.1) is 23.9 Å². The number of nitrogens with one attached hydrogen (secondary N) is 1. The van der Waals surface area contributed by atoms with Gasteiger partial charge in [0.2, 0.25) is 0 Å². The van der Waals surface area contributed by atoms with E-state index in [0.717, 1.165) is 17.7 Å². The summed E-state index contributed by atoms with van der Waals surface area (Å²) < 4.78 is 11.0. The highest BCUT2D eigenvalue weighted by atomic mass is 35.5. The molecule has 0 spiro atoms. The first-order chi connectivity index (χ1) is 14.9. The number of ether oxygens (including phenoxy) is 2. The number of halogens is 1. The number of unbranched alkanes of at least 4 members (excludes halogenated alkanes) is 1. The zero-order valence-electron chi connectivity index (χ0n) is 17.3. The molecule has 1 heterocycles. The Bertz CT molecular complexity index is 1020. The second kappa shape index (κ2) is 10.1. The number of carbonyl (C=O) groups excluding carboxylic acids is 3. The lowest BCUT2D eigenvalue weighted by Gasteiger charge is -2.26. The predicted molar refractivity (Wildman–Crippen MR) is 118 cm³/mol. The van der Waals surface area contributed by atoms with Gasteiger partial charge in [0.25, 0.3) is 11.8 Å². The van der Waals surface area contributed by atoms with Crippen molar-refractivity contribution in [3.63, 3.8) is 0 Å². The van der Waals surface area contributed by atoms with Crippen molar-refractivity contribution in [1.82, 2.24) is 5.32 Å². The first kappa shape index (κ1) is 22.4. The third kappa shape index (κ3) is 5.24. The molecule has 31 heavy (non-hydrogen) atoms. The van der Waals surface area contributed by atoms with Crippen molar-refractivity contribution in [2.24, 2.45) is 0 Å². The molecule has 0 atom stereocenters. The Labute approximate surface area is 185 Å². The minimum absolute atomic E-state index is 0.178. The number of barbiturate groups is 1. The van der Waals surface area contributed by atoms with E-state index >= 15 is 0 Å². The Morgan fingerprint density at radius 3 is 2.42 bits per heavy atom. The van der Waals surface area contributed by atoms with Gasteiger partial charge in [0, 0.05) is 0 Å². The van der Waals surface area contributed by atoms with E-state index in [9.17, 15) is 14.4 Å². The van der Waals surface area contributed by atoms with Crippen LogP contribution in [0.1, 0.15) is 32.3 Å². The molecule has 8 heteroatoms. The van der Waals surface area contributed by atoms with E-state index in [1.807, 2.05) is 6.92 Å². The van der Waals surface area contributed by atoms with Crippen LogP contribution in [0.25, 0.3) is 6.08 Å². The fraction of sp³-hybridized carbons (Fsp3) is 0.261. The molecule has 1 saturated heterocycles. The number of carbonyl (C=O) groups is 3. The van der Waals surface area contributed by atoms with Gasteiger partial charge in [-0.25, -0.2) is 9.69 Å². The molecule has 2 aromatic carbocycles. The summed E-state index contributed by atoms with van der Waals surface area (Å²) in [6, 6.07) is 10.7. The number of hydrogen-bond donors (Lipinski definition) is 1. The van der Waals surface area contributed by atoms with Gasteiger partial charge in [-0.05, 0) is 61.4 Å². The molecule has 2 aromatic rings. The molecule has 0 bridgehead atoms. The molecule has 7 nitrogen and oxygen atoms in total. The molecule has 0 aliphatic carbocycles. The summed E-state index contributed by atoms with van der Waals surface area (Å²) in [5, 5.41) is 2.55. The Hall–Kier alpha value is -3.32. The van der Waals surface area contributed by atoms with E-state index in [-0.39, 0.29) is 5.57 Å². The zero-order chi connectivity index (χ0) is 22.4. The molecule has 3 rings (SSSR count). The van der Waals surface area contributed by atoms with E-state index < -0.39 is 17.8 Å². The quantitative estimate of drug-likeness (QED) is 0.367. The molecule has 0 radical (unpaired) electrons. The largest absolute Gasteiger partial charge is 0.494 e. The molecule has 4 amide bonds. The lowest BCUT2D eigenvalue weighted by atomic mass is 10.1. The maximum absolute atomic E-state index is 13.0. The molecule has 0 aromatic heterocycles. The second-order valence-corrected chi connectivity index (χ2v) is 7.18. The van der Waals surface area contributed by atoms with Gasteiger partial charge >= 0.3 is 6.03 Å². The SMILES string of the molecule is CCCCOc1ccc(N2C(=O)NC(=O)/C(=C/c3ccc(OCC)c(Cl)c3)C2=O)cc1. The number of nitrogens with zero attached hydrogens (tertiary/aromatic N) is 1. The number of imide groups is 2. The van der Waals surface area contributed by atoms with Crippen molar-refractivity contribution < 1.29 is 23.9 Å². The highest BCUT2D eigenvalue weighted by molar-refractivity contribution is 6.39. The van der Waals surface area contributed by atoms with Gasteiger partial charge in [-0.15, -0.1) is 0 Å². The molecular formula is C23H23ClN2O5. The maximum Gasteiger partial charge on any atom is 0.335 e. The van der Waals surface area contributed by atoms with E-state index in [0.29, 0.717) is 41.0 Å². The average molecular weight is 443 g/mol. The minimum Gasteiger partial charge on any atom is -0.494 e. The van der Waals surface area contributed by atoms with E-state index in [2.05, 4.69) is 12.2 Å². The van der Waals surface area contributed by atoms with Crippen molar-refractivity contribution in [3.05, 3.63) is 58.6 Å². The molecule has 0 saturated carbocycles. The number of anilines is 1. The van der Waals surface area contributed by atoms with E-state index in [1.54, 1.807) is 42.5 Å². The summed E-state index contributed by atoms with van der Waals surface area (Å²) in [5.74, 6) is -0.351. The predicted octanol–water partition coefficient (Wildman–Crippen LogP) is 4.58. The first-order valence-electron chi connectivity index (χ1n) is 10.0. The van der Waals surface area contributed by atoms with Crippen molar-refractivity contribution in [3.8, 4) is 11.5 Å². The molecule has 0 unspecified atom stereocenters. The Morgan fingerprint density at radius 2 is 1.77 bits per heavy atom. The monoisotopic (exact) mass is 442 g/mol. The standard InChI is InChI=1S/C23H23ClN2O5/c1-3-5-12-31-17-9-7-16(8-10-17)26-22(28)18(21(27)25-23(26)29)13-15-6-11-20(30-4-2)19(24)14-15/h6-11,13-14H,3-5,12H2,1-2H3,(H,25,27,29)/b18-13-. The van der Waals surface area contributed by atoms with Crippen LogP contribution in [-0.2, 0) is 9.59 Å². The Morgan fingerprint density at radius 1 is 1.03 bits per heavy atom. The second-order valence-electron chi connectivity index (χ2n) is 6.78. The topological polar surface area (TPSA) is 84.9 Å². The van der Waals surface area contributed by atoms with Crippen LogP contribution in [0.2, 0.25) is 5.02 Å². The van der Waals surface area contributed by atoms with Crippen LogP contribution in [0.5, 0.6) is 11.5 Å². The zero-order valence-corrected chi connectivity index (χ0v) is 18.1. The van der Waals surface area contributed by atoms with Crippen LogP contribution in [-0.4, -0.2) is 31.1 Å². The van der Waals surface area contributed by atoms with E-state index in [1.165, 1.54) is 6.08 Å². The molecule has 162 valence electrons. The number of hydrogen-bond acceptors (Lipinski definition) is 5. The average Bonchev–Trinajstić information content (AvgIpc) is 2.74. The van der Waals surface area contributed by atoms with Crippen LogP contribution in [0.3, 0.4) is 0 Å². The smallest absolute Gasteiger partial charge is 0.335 e. The van der Waals surface area contributed by atoms with E-state index in [4.69, 9.17) is 21.1 Å². The fourth-order valence-corrected chi connectivity index (χ4v) is 3.21.